The van der Waals surface area contributed by atoms with Crippen LogP contribution in [0.1, 0.15) is 61.6 Å². The molecule has 0 saturated heterocycles. The summed E-state index contributed by atoms with van der Waals surface area (Å²) < 4.78 is 2.31. The van der Waals surface area contributed by atoms with Crippen LogP contribution in [0.5, 0.6) is 0 Å². The summed E-state index contributed by atoms with van der Waals surface area (Å²) in [6, 6.07) is 5.94. The molecule has 4 heteroatoms. The maximum atomic E-state index is 12.5. The van der Waals surface area contributed by atoms with Gasteiger partial charge in [-0.15, -0.1) is 0 Å². The summed E-state index contributed by atoms with van der Waals surface area (Å²) in [5, 5.41) is 3.07. The average Bonchev–Trinajstić information content (AvgIpc) is 2.99. The third-order valence-electron chi connectivity index (χ3n) is 5.58. The first-order valence-corrected chi connectivity index (χ1v) is 9.66. The molecule has 2 heterocycles. The Bertz CT molecular complexity index is 818. The number of benzene rings is 1. The maximum absolute atomic E-state index is 12.5. The molecule has 0 fully saturated rings. The summed E-state index contributed by atoms with van der Waals surface area (Å²) in [6.45, 7) is 4.04. The zero-order valence-electron chi connectivity index (χ0n) is 15.1. The first-order valence-electron chi connectivity index (χ1n) is 9.66. The van der Waals surface area contributed by atoms with Crippen molar-refractivity contribution in [2.24, 2.45) is 5.92 Å². The van der Waals surface area contributed by atoms with Gasteiger partial charge in [-0.3, -0.25) is 4.79 Å². The van der Waals surface area contributed by atoms with E-state index >= 15 is 0 Å². The number of hydrogen-bond acceptors (Lipinski definition) is 2. The zero-order chi connectivity index (χ0) is 17.2. The van der Waals surface area contributed by atoms with E-state index in [0.717, 1.165) is 42.8 Å². The monoisotopic (exact) mass is 337 g/mol. The van der Waals surface area contributed by atoms with E-state index in [1.54, 1.807) is 0 Å². The van der Waals surface area contributed by atoms with Gasteiger partial charge in [0.2, 0.25) is 0 Å². The highest BCUT2D eigenvalue weighted by atomic mass is 16.1. The number of hydrogen-bond donors (Lipinski definition) is 1. The van der Waals surface area contributed by atoms with Gasteiger partial charge in [0.15, 0.2) is 0 Å². The van der Waals surface area contributed by atoms with Crippen molar-refractivity contribution in [3.05, 3.63) is 41.2 Å². The Morgan fingerprint density at radius 3 is 3.12 bits per heavy atom. The van der Waals surface area contributed by atoms with E-state index in [4.69, 9.17) is 4.98 Å². The molecule has 1 aromatic heterocycles. The second kappa shape index (κ2) is 7.03. The molecule has 2 aliphatic rings. The summed E-state index contributed by atoms with van der Waals surface area (Å²) in [6.07, 6.45) is 10.6. The van der Waals surface area contributed by atoms with Crippen molar-refractivity contribution in [1.29, 1.82) is 0 Å². The highest BCUT2D eigenvalue weighted by Gasteiger charge is 2.19. The number of rotatable bonds is 4. The van der Waals surface area contributed by atoms with E-state index in [1.165, 1.54) is 37.7 Å². The van der Waals surface area contributed by atoms with Crippen molar-refractivity contribution in [2.75, 3.05) is 6.54 Å². The number of carbonyl (C=O) groups excluding carboxylic acids is 1. The molecule has 1 aromatic carbocycles. The lowest BCUT2D eigenvalue weighted by Crippen LogP contribution is -2.24. The fourth-order valence-corrected chi connectivity index (χ4v) is 4.06. The molecule has 1 aliphatic heterocycles. The Balaban J connectivity index is 1.44. The topological polar surface area (TPSA) is 46.9 Å². The van der Waals surface area contributed by atoms with Crippen LogP contribution in [-0.2, 0) is 13.0 Å². The van der Waals surface area contributed by atoms with Gasteiger partial charge in [-0.1, -0.05) is 18.6 Å². The minimum atomic E-state index is 0.0117. The first-order chi connectivity index (χ1) is 12.2. The van der Waals surface area contributed by atoms with Gasteiger partial charge >= 0.3 is 0 Å². The number of carbonyl (C=O) groups is 1. The van der Waals surface area contributed by atoms with Crippen LogP contribution in [0.25, 0.3) is 11.0 Å². The lowest BCUT2D eigenvalue weighted by molar-refractivity contribution is 0.0954. The average molecular weight is 337 g/mol. The molecule has 0 spiro atoms. The Hall–Kier alpha value is -2.10. The number of aryl methyl sites for hydroxylation is 1. The maximum Gasteiger partial charge on any atom is 0.251 e. The zero-order valence-corrected chi connectivity index (χ0v) is 15.1. The Morgan fingerprint density at radius 1 is 1.36 bits per heavy atom. The third kappa shape index (κ3) is 3.48. The molecule has 25 heavy (non-hydrogen) atoms. The predicted molar refractivity (Wildman–Crippen MR) is 101 cm³/mol. The third-order valence-corrected chi connectivity index (χ3v) is 5.58. The van der Waals surface area contributed by atoms with Gasteiger partial charge < -0.3 is 9.88 Å². The minimum Gasteiger partial charge on any atom is -0.352 e. The molecule has 1 atom stereocenters. The van der Waals surface area contributed by atoms with E-state index in [1.807, 2.05) is 12.1 Å². The molecule has 4 rings (SSSR count). The van der Waals surface area contributed by atoms with E-state index in [0.29, 0.717) is 11.5 Å². The molecule has 132 valence electrons. The number of allylic oxidation sites excluding steroid dienone is 1. The number of imidazole rings is 1. The van der Waals surface area contributed by atoms with Crippen LogP contribution in [0.4, 0.5) is 0 Å². The van der Waals surface area contributed by atoms with Crippen molar-refractivity contribution >= 4 is 16.9 Å². The number of amides is 1. The molecular formula is C21H27N3O. The van der Waals surface area contributed by atoms with Gasteiger partial charge in [-0.05, 0) is 62.6 Å². The van der Waals surface area contributed by atoms with E-state index < -0.39 is 0 Å². The molecule has 4 nitrogen and oxygen atoms in total. The molecule has 0 radical (unpaired) electrons. The van der Waals surface area contributed by atoms with Crippen LogP contribution in [0.15, 0.2) is 29.8 Å². The van der Waals surface area contributed by atoms with Crippen LogP contribution < -0.4 is 5.32 Å². The number of nitrogens with one attached hydrogen (secondary N) is 1. The smallest absolute Gasteiger partial charge is 0.251 e. The number of nitrogens with zero attached hydrogens (tertiary/aromatic N) is 2. The lowest BCUT2D eigenvalue weighted by atomic mass is 9.97. The van der Waals surface area contributed by atoms with Crippen molar-refractivity contribution < 1.29 is 4.79 Å². The fourth-order valence-electron chi connectivity index (χ4n) is 4.06. The Kier molecular flexibility index (Phi) is 4.60. The van der Waals surface area contributed by atoms with Crippen molar-refractivity contribution in [3.8, 4) is 0 Å². The molecule has 1 aliphatic carbocycles. The minimum absolute atomic E-state index is 0.0117. The van der Waals surface area contributed by atoms with Gasteiger partial charge in [0, 0.05) is 25.1 Å². The molecular weight excluding hydrogens is 310 g/mol. The molecule has 2 aromatic rings. The van der Waals surface area contributed by atoms with Gasteiger partial charge in [-0.2, -0.15) is 0 Å². The largest absolute Gasteiger partial charge is 0.352 e. The molecule has 1 N–H and O–H groups in total. The quantitative estimate of drug-likeness (QED) is 0.848. The second-order valence-electron chi connectivity index (χ2n) is 7.60. The predicted octanol–water partition coefficient (Wildman–Crippen LogP) is 4.24. The SMILES string of the molecule is C[C@@H]1CCn2c(nc3cc(C(=O)NCCC4=CCCCC4)ccc32)C1. The Labute approximate surface area is 149 Å². The highest BCUT2D eigenvalue weighted by molar-refractivity contribution is 5.97. The summed E-state index contributed by atoms with van der Waals surface area (Å²) in [5.41, 5.74) is 4.32. The van der Waals surface area contributed by atoms with E-state index in [-0.39, 0.29) is 5.91 Å². The summed E-state index contributed by atoms with van der Waals surface area (Å²) in [5.74, 6) is 1.87. The molecule has 0 bridgehead atoms. The molecule has 0 unspecified atom stereocenters. The van der Waals surface area contributed by atoms with Gasteiger partial charge in [-0.25, -0.2) is 4.98 Å². The van der Waals surface area contributed by atoms with Crippen LogP contribution >= 0.6 is 0 Å². The van der Waals surface area contributed by atoms with Gasteiger partial charge in [0.1, 0.15) is 5.82 Å². The lowest BCUT2D eigenvalue weighted by Gasteiger charge is -2.20. The van der Waals surface area contributed by atoms with Crippen LogP contribution in [0.3, 0.4) is 0 Å². The molecule has 0 saturated carbocycles. The fraction of sp³-hybridized carbons (Fsp3) is 0.524. The summed E-state index contributed by atoms with van der Waals surface area (Å²) in [4.78, 5) is 17.2. The molecule has 1 amide bonds. The van der Waals surface area contributed by atoms with Crippen molar-refractivity contribution in [1.82, 2.24) is 14.9 Å². The van der Waals surface area contributed by atoms with Gasteiger partial charge in [0.05, 0.1) is 11.0 Å². The normalized spacial score (nSPS) is 20.2. The van der Waals surface area contributed by atoms with Crippen LogP contribution in [-0.4, -0.2) is 22.0 Å². The number of fused-ring (bicyclic) bond motifs is 3. The van der Waals surface area contributed by atoms with Crippen molar-refractivity contribution in [2.45, 2.75) is 58.4 Å². The highest BCUT2D eigenvalue weighted by Crippen LogP contribution is 2.26. The van der Waals surface area contributed by atoms with E-state index in [2.05, 4.69) is 29.0 Å². The Morgan fingerprint density at radius 2 is 2.28 bits per heavy atom. The standard InChI is InChI=1S/C21H27N3O/c1-15-10-12-24-19-8-7-17(14-18(19)23-20(24)13-15)21(25)22-11-9-16-5-3-2-4-6-16/h5,7-8,14-15H,2-4,6,9-13H2,1H3,(H,22,25)/t15-/m1/s1. The number of aromatic nitrogens is 2. The van der Waals surface area contributed by atoms with Crippen LogP contribution in [0, 0.1) is 5.92 Å². The summed E-state index contributed by atoms with van der Waals surface area (Å²) >= 11 is 0. The van der Waals surface area contributed by atoms with Gasteiger partial charge in [0.25, 0.3) is 5.91 Å². The van der Waals surface area contributed by atoms with E-state index in [9.17, 15) is 4.79 Å². The second-order valence-corrected chi connectivity index (χ2v) is 7.60. The van der Waals surface area contributed by atoms with Crippen molar-refractivity contribution in [3.63, 3.8) is 0 Å². The first kappa shape index (κ1) is 16.4. The van der Waals surface area contributed by atoms with Crippen LogP contribution in [0.2, 0.25) is 0 Å². The summed E-state index contributed by atoms with van der Waals surface area (Å²) in [7, 11) is 0.